The molecular formula is C26H35N3O6S. The molecule has 1 saturated heterocycles. The Morgan fingerprint density at radius 1 is 1.00 bits per heavy atom. The van der Waals surface area contributed by atoms with Crippen molar-refractivity contribution in [2.24, 2.45) is 0 Å². The molecule has 0 radical (unpaired) electrons. The molecule has 2 aliphatic heterocycles. The van der Waals surface area contributed by atoms with Crippen LogP contribution in [0, 0.1) is 0 Å². The second-order valence-electron chi connectivity index (χ2n) is 9.10. The standard InChI is InChI=1S/C26H35N3O6S/c1-5-27-12-14-28(15-13-27)23-8-6-7-20-21(23)18-29(26(20)30)22(11-16-35-36(4,31)32)19-9-10-24(33-2)25(17-19)34-3/h6-10,17,22H,5,11-16,18H2,1-4H3. The van der Waals surface area contributed by atoms with Crippen LogP contribution in [0.3, 0.4) is 0 Å². The minimum atomic E-state index is -3.60. The Morgan fingerprint density at radius 3 is 2.36 bits per heavy atom. The number of fused-ring (bicyclic) bond motifs is 1. The van der Waals surface area contributed by atoms with Crippen molar-refractivity contribution in [2.75, 3.05) is 64.7 Å². The van der Waals surface area contributed by atoms with Gasteiger partial charge in [-0.15, -0.1) is 0 Å². The average molecular weight is 518 g/mol. The maximum absolute atomic E-state index is 13.7. The number of methoxy groups -OCH3 is 2. The van der Waals surface area contributed by atoms with Gasteiger partial charge in [-0.3, -0.25) is 8.98 Å². The van der Waals surface area contributed by atoms with Gasteiger partial charge in [-0.2, -0.15) is 8.42 Å². The molecular weight excluding hydrogens is 482 g/mol. The highest BCUT2D eigenvalue weighted by Crippen LogP contribution is 2.40. The van der Waals surface area contributed by atoms with E-state index in [-0.39, 0.29) is 12.5 Å². The van der Waals surface area contributed by atoms with Crippen LogP contribution in [0.15, 0.2) is 36.4 Å². The number of nitrogens with zero attached hydrogens (tertiary/aromatic N) is 3. The molecule has 2 aromatic rings. The van der Waals surface area contributed by atoms with E-state index in [2.05, 4.69) is 22.8 Å². The van der Waals surface area contributed by atoms with Crippen molar-refractivity contribution in [2.45, 2.75) is 25.9 Å². The van der Waals surface area contributed by atoms with E-state index in [0.717, 1.165) is 55.8 Å². The summed E-state index contributed by atoms with van der Waals surface area (Å²) >= 11 is 0. The van der Waals surface area contributed by atoms with E-state index in [4.69, 9.17) is 13.7 Å². The lowest BCUT2D eigenvalue weighted by Crippen LogP contribution is -2.46. The minimum absolute atomic E-state index is 0.0379. The summed E-state index contributed by atoms with van der Waals surface area (Å²) < 4.78 is 39.1. The van der Waals surface area contributed by atoms with Crippen LogP contribution in [-0.4, -0.2) is 83.9 Å². The van der Waals surface area contributed by atoms with Crippen molar-refractivity contribution in [1.29, 1.82) is 0 Å². The molecule has 1 atom stereocenters. The molecule has 0 aromatic heterocycles. The van der Waals surface area contributed by atoms with Crippen molar-refractivity contribution in [1.82, 2.24) is 9.80 Å². The molecule has 0 bridgehead atoms. The van der Waals surface area contributed by atoms with Gasteiger partial charge in [0.1, 0.15) is 0 Å². The quantitative estimate of drug-likeness (QED) is 0.445. The third-order valence-electron chi connectivity index (χ3n) is 6.99. The zero-order valence-electron chi connectivity index (χ0n) is 21.4. The van der Waals surface area contributed by atoms with Gasteiger partial charge < -0.3 is 24.2 Å². The number of piperazine rings is 1. The van der Waals surface area contributed by atoms with Gasteiger partial charge in [0.2, 0.25) is 0 Å². The largest absolute Gasteiger partial charge is 0.493 e. The molecule has 4 rings (SSSR count). The summed E-state index contributed by atoms with van der Waals surface area (Å²) in [7, 11) is -0.476. The number of rotatable bonds is 10. The molecule has 0 spiro atoms. The van der Waals surface area contributed by atoms with Gasteiger partial charge >= 0.3 is 0 Å². The van der Waals surface area contributed by atoms with Gasteiger partial charge in [0.25, 0.3) is 16.0 Å². The summed E-state index contributed by atoms with van der Waals surface area (Å²) in [6.07, 6.45) is 1.34. The number of amides is 1. The summed E-state index contributed by atoms with van der Waals surface area (Å²) in [5.74, 6) is 1.05. The van der Waals surface area contributed by atoms with E-state index in [9.17, 15) is 13.2 Å². The van der Waals surface area contributed by atoms with E-state index >= 15 is 0 Å². The molecule has 2 aromatic carbocycles. The van der Waals surface area contributed by atoms with Crippen molar-refractivity contribution in [3.63, 3.8) is 0 Å². The average Bonchev–Trinajstić information content (AvgIpc) is 3.22. The van der Waals surface area contributed by atoms with Crippen LogP contribution in [-0.2, 0) is 20.8 Å². The highest BCUT2D eigenvalue weighted by molar-refractivity contribution is 7.85. The van der Waals surface area contributed by atoms with Crippen LogP contribution in [0.5, 0.6) is 11.5 Å². The van der Waals surface area contributed by atoms with Crippen LogP contribution in [0.25, 0.3) is 0 Å². The first-order valence-electron chi connectivity index (χ1n) is 12.2. The Hall–Kier alpha value is -2.82. The third-order valence-corrected chi connectivity index (χ3v) is 7.58. The Morgan fingerprint density at radius 2 is 1.72 bits per heavy atom. The maximum atomic E-state index is 13.7. The first-order valence-corrected chi connectivity index (χ1v) is 14.0. The summed E-state index contributed by atoms with van der Waals surface area (Å²) in [6.45, 7) is 7.44. The molecule has 1 fully saturated rings. The van der Waals surface area contributed by atoms with Gasteiger partial charge in [0, 0.05) is 49.5 Å². The predicted molar refractivity (Wildman–Crippen MR) is 138 cm³/mol. The summed E-state index contributed by atoms with van der Waals surface area (Å²) in [4.78, 5) is 20.3. The molecule has 1 amide bonds. The lowest BCUT2D eigenvalue weighted by molar-refractivity contribution is 0.0677. The fourth-order valence-corrected chi connectivity index (χ4v) is 5.46. The second-order valence-corrected chi connectivity index (χ2v) is 10.7. The number of carbonyl (C=O) groups is 1. The Balaban J connectivity index is 1.64. The van der Waals surface area contributed by atoms with E-state index < -0.39 is 16.2 Å². The van der Waals surface area contributed by atoms with E-state index in [1.807, 2.05) is 29.2 Å². The molecule has 2 aliphatic rings. The van der Waals surface area contributed by atoms with Crippen molar-refractivity contribution < 1.29 is 26.9 Å². The third kappa shape index (κ3) is 5.61. The number of hydrogen-bond donors (Lipinski definition) is 0. The fourth-order valence-electron chi connectivity index (χ4n) is 5.06. The fraction of sp³-hybridized carbons (Fsp3) is 0.500. The molecule has 0 N–H and O–H groups in total. The van der Waals surface area contributed by atoms with Gasteiger partial charge in [0.05, 0.1) is 33.1 Å². The van der Waals surface area contributed by atoms with Crippen LogP contribution < -0.4 is 14.4 Å². The Bertz CT molecular complexity index is 1190. The molecule has 196 valence electrons. The first-order chi connectivity index (χ1) is 17.3. The molecule has 1 unspecified atom stereocenters. The smallest absolute Gasteiger partial charge is 0.264 e. The van der Waals surface area contributed by atoms with Crippen molar-refractivity contribution >= 4 is 21.7 Å². The van der Waals surface area contributed by atoms with Crippen LogP contribution in [0.1, 0.15) is 40.9 Å². The minimum Gasteiger partial charge on any atom is -0.493 e. The first kappa shape index (κ1) is 26.2. The highest BCUT2D eigenvalue weighted by atomic mass is 32.2. The lowest BCUT2D eigenvalue weighted by Gasteiger charge is -2.36. The van der Waals surface area contributed by atoms with Gasteiger partial charge in [-0.1, -0.05) is 19.1 Å². The zero-order valence-corrected chi connectivity index (χ0v) is 22.2. The maximum Gasteiger partial charge on any atom is 0.264 e. The second kappa shape index (κ2) is 11.1. The predicted octanol–water partition coefficient (Wildman–Crippen LogP) is 2.91. The Labute approximate surface area is 213 Å². The normalized spacial score (nSPS) is 17.3. The molecule has 10 heteroatoms. The van der Waals surface area contributed by atoms with Crippen molar-refractivity contribution in [3.05, 3.63) is 53.1 Å². The van der Waals surface area contributed by atoms with Crippen molar-refractivity contribution in [3.8, 4) is 11.5 Å². The molecule has 36 heavy (non-hydrogen) atoms. The molecule has 9 nitrogen and oxygen atoms in total. The SMILES string of the molecule is CCN1CCN(c2cccc3c2CN(C(CCOS(C)(=O)=O)c2ccc(OC)c(OC)c2)C3=O)CC1. The Kier molecular flexibility index (Phi) is 8.07. The molecule has 2 heterocycles. The van der Waals surface area contributed by atoms with E-state index in [1.54, 1.807) is 20.3 Å². The summed E-state index contributed by atoms with van der Waals surface area (Å²) in [6, 6.07) is 11.0. The lowest BCUT2D eigenvalue weighted by atomic mass is 10.0. The number of benzene rings is 2. The van der Waals surface area contributed by atoms with Crippen LogP contribution in [0.2, 0.25) is 0 Å². The van der Waals surface area contributed by atoms with Gasteiger partial charge in [0.15, 0.2) is 11.5 Å². The number of ether oxygens (including phenoxy) is 2. The number of hydrogen-bond acceptors (Lipinski definition) is 8. The molecule has 0 aliphatic carbocycles. The van der Waals surface area contributed by atoms with Gasteiger partial charge in [-0.05, 0) is 42.8 Å². The number of anilines is 1. The van der Waals surface area contributed by atoms with E-state index in [0.29, 0.717) is 30.0 Å². The monoisotopic (exact) mass is 517 g/mol. The number of carbonyl (C=O) groups excluding carboxylic acids is 1. The summed E-state index contributed by atoms with van der Waals surface area (Å²) in [5.41, 5.74) is 3.63. The van der Waals surface area contributed by atoms with E-state index in [1.165, 1.54) is 0 Å². The van der Waals surface area contributed by atoms with Crippen LogP contribution >= 0.6 is 0 Å². The molecule has 0 saturated carbocycles. The number of likely N-dealkylation sites (N-methyl/N-ethyl adjacent to an activating group) is 1. The van der Waals surface area contributed by atoms with Crippen LogP contribution in [0.4, 0.5) is 5.69 Å². The summed E-state index contributed by atoms with van der Waals surface area (Å²) in [5, 5.41) is 0. The zero-order chi connectivity index (χ0) is 25.9. The highest BCUT2D eigenvalue weighted by Gasteiger charge is 2.36. The van der Waals surface area contributed by atoms with Gasteiger partial charge in [-0.25, -0.2) is 0 Å². The topological polar surface area (TPSA) is 88.6 Å².